The lowest BCUT2D eigenvalue weighted by atomic mass is 9.80. The first-order valence-corrected chi connectivity index (χ1v) is 6.80. The molecule has 1 rings (SSSR count). The highest BCUT2D eigenvalue weighted by atomic mass is 19.4. The van der Waals surface area contributed by atoms with E-state index in [9.17, 15) is 18.0 Å². The predicted molar refractivity (Wildman–Crippen MR) is 67.4 cm³/mol. The van der Waals surface area contributed by atoms with E-state index in [0.29, 0.717) is 25.8 Å². The minimum atomic E-state index is -4.18. The van der Waals surface area contributed by atoms with Crippen LogP contribution in [0.3, 0.4) is 0 Å². The Morgan fingerprint density at radius 1 is 1.42 bits per heavy atom. The predicted octanol–water partition coefficient (Wildman–Crippen LogP) is 2.55. The number of rotatable bonds is 4. The molecule has 19 heavy (non-hydrogen) atoms. The van der Waals surface area contributed by atoms with Crippen LogP contribution in [0.2, 0.25) is 0 Å². The summed E-state index contributed by atoms with van der Waals surface area (Å²) in [5.41, 5.74) is 5.44. The van der Waals surface area contributed by atoms with Gasteiger partial charge in [-0.05, 0) is 39.2 Å². The highest BCUT2D eigenvalue weighted by Gasteiger charge is 2.44. The molecule has 1 aliphatic rings. The normalized spacial score (nSPS) is 26.0. The summed E-state index contributed by atoms with van der Waals surface area (Å²) in [5, 5.41) is 0. The molecule has 1 amide bonds. The zero-order valence-corrected chi connectivity index (χ0v) is 11.5. The van der Waals surface area contributed by atoms with Crippen LogP contribution in [-0.4, -0.2) is 36.6 Å². The summed E-state index contributed by atoms with van der Waals surface area (Å²) >= 11 is 0. The molecular formula is C13H23F3N2O. The lowest BCUT2D eigenvalue weighted by molar-refractivity contribution is -0.187. The summed E-state index contributed by atoms with van der Waals surface area (Å²) in [4.78, 5) is 13.8. The Hall–Kier alpha value is -0.780. The second-order valence-corrected chi connectivity index (χ2v) is 5.48. The van der Waals surface area contributed by atoms with Gasteiger partial charge in [-0.25, -0.2) is 0 Å². The molecule has 3 nitrogen and oxygen atoms in total. The van der Waals surface area contributed by atoms with Crippen LogP contribution < -0.4 is 5.73 Å². The van der Waals surface area contributed by atoms with Crippen molar-refractivity contribution >= 4 is 5.91 Å². The molecular weight excluding hydrogens is 257 g/mol. The van der Waals surface area contributed by atoms with E-state index in [-0.39, 0.29) is 24.8 Å². The van der Waals surface area contributed by atoms with E-state index in [4.69, 9.17) is 5.73 Å². The van der Waals surface area contributed by atoms with E-state index in [1.807, 2.05) is 6.92 Å². The average Bonchev–Trinajstić information content (AvgIpc) is 2.36. The Labute approximate surface area is 112 Å². The molecule has 0 aromatic carbocycles. The zero-order chi connectivity index (χ0) is 14.6. The van der Waals surface area contributed by atoms with Crippen molar-refractivity contribution in [3.8, 4) is 0 Å². The topological polar surface area (TPSA) is 46.3 Å². The fourth-order valence-corrected chi connectivity index (χ4v) is 2.65. The molecule has 0 heterocycles. The molecule has 0 saturated heterocycles. The van der Waals surface area contributed by atoms with E-state index in [2.05, 4.69) is 0 Å². The molecule has 3 unspecified atom stereocenters. The molecule has 112 valence electrons. The lowest BCUT2D eigenvalue weighted by Crippen LogP contribution is -2.42. The van der Waals surface area contributed by atoms with Crippen molar-refractivity contribution in [2.24, 2.45) is 17.6 Å². The third-order valence-electron chi connectivity index (χ3n) is 4.08. The monoisotopic (exact) mass is 280 g/mol. The third-order valence-corrected chi connectivity index (χ3v) is 4.08. The summed E-state index contributed by atoms with van der Waals surface area (Å²) in [6.07, 6.45) is -2.40. The first kappa shape index (κ1) is 16.3. The van der Waals surface area contributed by atoms with Gasteiger partial charge in [-0.15, -0.1) is 0 Å². The van der Waals surface area contributed by atoms with Crippen molar-refractivity contribution in [2.75, 3.05) is 13.6 Å². The standard InChI is InChI=1S/C13H23F3N2O/c1-9(6-7-17)18(2)12(19)10-4-3-5-11(8-10)13(14,15)16/h9-11H,3-8,17H2,1-2H3. The van der Waals surface area contributed by atoms with E-state index < -0.39 is 18.0 Å². The number of carbonyl (C=O) groups is 1. The largest absolute Gasteiger partial charge is 0.391 e. The van der Waals surface area contributed by atoms with E-state index in [0.717, 1.165) is 0 Å². The van der Waals surface area contributed by atoms with Crippen molar-refractivity contribution in [3.63, 3.8) is 0 Å². The Balaban J connectivity index is 2.61. The average molecular weight is 280 g/mol. The van der Waals surface area contributed by atoms with Gasteiger partial charge in [-0.3, -0.25) is 4.79 Å². The van der Waals surface area contributed by atoms with Crippen LogP contribution in [0.1, 0.15) is 39.0 Å². The van der Waals surface area contributed by atoms with Gasteiger partial charge in [0.15, 0.2) is 0 Å². The number of nitrogens with zero attached hydrogens (tertiary/aromatic N) is 1. The molecule has 0 aliphatic heterocycles. The van der Waals surface area contributed by atoms with E-state index in [1.54, 1.807) is 11.9 Å². The number of carbonyl (C=O) groups excluding carboxylic acids is 1. The maximum Gasteiger partial charge on any atom is 0.391 e. The summed E-state index contributed by atoms with van der Waals surface area (Å²) in [6, 6.07) is -0.0243. The summed E-state index contributed by atoms with van der Waals surface area (Å²) < 4.78 is 38.2. The van der Waals surface area contributed by atoms with Crippen molar-refractivity contribution in [2.45, 2.75) is 51.2 Å². The maximum absolute atomic E-state index is 12.7. The van der Waals surface area contributed by atoms with E-state index in [1.165, 1.54) is 0 Å². The van der Waals surface area contributed by atoms with Crippen molar-refractivity contribution in [1.82, 2.24) is 4.90 Å². The van der Waals surface area contributed by atoms with Gasteiger partial charge in [0.05, 0.1) is 5.92 Å². The Kier molecular flexibility index (Phi) is 5.64. The number of hydrogen-bond donors (Lipinski definition) is 1. The molecule has 1 saturated carbocycles. The van der Waals surface area contributed by atoms with Crippen molar-refractivity contribution in [3.05, 3.63) is 0 Å². The number of amides is 1. The van der Waals surface area contributed by atoms with Crippen LogP contribution in [0.4, 0.5) is 13.2 Å². The second-order valence-electron chi connectivity index (χ2n) is 5.48. The highest BCUT2D eigenvalue weighted by Crippen LogP contribution is 2.40. The van der Waals surface area contributed by atoms with Crippen molar-refractivity contribution < 1.29 is 18.0 Å². The highest BCUT2D eigenvalue weighted by molar-refractivity contribution is 5.79. The van der Waals surface area contributed by atoms with Crippen LogP contribution in [0, 0.1) is 11.8 Å². The Morgan fingerprint density at radius 3 is 2.58 bits per heavy atom. The quantitative estimate of drug-likeness (QED) is 0.860. The summed E-state index contributed by atoms with van der Waals surface area (Å²) in [6.45, 7) is 2.34. The molecule has 0 spiro atoms. The van der Waals surface area contributed by atoms with E-state index >= 15 is 0 Å². The molecule has 1 fully saturated rings. The van der Waals surface area contributed by atoms with Crippen LogP contribution in [0.5, 0.6) is 0 Å². The Bertz CT molecular complexity index is 307. The van der Waals surface area contributed by atoms with Gasteiger partial charge < -0.3 is 10.6 Å². The summed E-state index contributed by atoms with van der Waals surface area (Å²) in [5.74, 6) is -1.99. The van der Waals surface area contributed by atoms with Gasteiger partial charge in [0.25, 0.3) is 0 Å². The minimum Gasteiger partial charge on any atom is -0.343 e. The van der Waals surface area contributed by atoms with Crippen LogP contribution in [-0.2, 0) is 4.79 Å². The number of halogens is 3. The van der Waals surface area contributed by atoms with Gasteiger partial charge in [-0.2, -0.15) is 13.2 Å². The molecule has 2 N–H and O–H groups in total. The number of alkyl halides is 3. The smallest absolute Gasteiger partial charge is 0.343 e. The SMILES string of the molecule is CC(CCN)N(C)C(=O)C1CCCC(C(F)(F)F)C1. The molecule has 0 radical (unpaired) electrons. The lowest BCUT2D eigenvalue weighted by Gasteiger charge is -2.34. The van der Waals surface area contributed by atoms with Gasteiger partial charge in [0, 0.05) is 19.0 Å². The molecule has 0 aromatic heterocycles. The van der Waals surface area contributed by atoms with Gasteiger partial charge in [-0.1, -0.05) is 6.42 Å². The van der Waals surface area contributed by atoms with Gasteiger partial charge >= 0.3 is 6.18 Å². The molecule has 0 aromatic rings. The fraction of sp³-hybridized carbons (Fsp3) is 0.923. The first-order chi connectivity index (χ1) is 8.77. The number of nitrogens with two attached hydrogens (primary N) is 1. The summed E-state index contributed by atoms with van der Waals surface area (Å²) in [7, 11) is 1.65. The fourth-order valence-electron chi connectivity index (χ4n) is 2.65. The van der Waals surface area contributed by atoms with Crippen LogP contribution >= 0.6 is 0 Å². The Morgan fingerprint density at radius 2 is 2.05 bits per heavy atom. The third kappa shape index (κ3) is 4.37. The van der Waals surface area contributed by atoms with Crippen molar-refractivity contribution in [1.29, 1.82) is 0 Å². The molecule has 1 aliphatic carbocycles. The molecule has 0 bridgehead atoms. The zero-order valence-electron chi connectivity index (χ0n) is 11.5. The first-order valence-electron chi connectivity index (χ1n) is 6.80. The minimum absolute atomic E-state index is 0.0243. The maximum atomic E-state index is 12.7. The van der Waals surface area contributed by atoms with Gasteiger partial charge in [0.1, 0.15) is 0 Å². The number of hydrogen-bond acceptors (Lipinski definition) is 2. The van der Waals surface area contributed by atoms with Crippen LogP contribution in [0.25, 0.3) is 0 Å². The molecule has 3 atom stereocenters. The van der Waals surface area contributed by atoms with Gasteiger partial charge in [0.2, 0.25) is 5.91 Å². The molecule has 6 heteroatoms. The van der Waals surface area contributed by atoms with Crippen LogP contribution in [0.15, 0.2) is 0 Å². The second kappa shape index (κ2) is 6.59.